The summed E-state index contributed by atoms with van der Waals surface area (Å²) in [5, 5.41) is 8.40. The maximum atomic E-state index is 12.7. The Kier molecular flexibility index (Phi) is 4.57. The minimum Gasteiger partial charge on any atom is -0.380 e. The molecule has 124 valence electrons. The Morgan fingerprint density at radius 2 is 2.35 bits per heavy atom. The minimum absolute atomic E-state index is 0.104. The van der Waals surface area contributed by atoms with Crippen LogP contribution in [0.4, 0.5) is 0 Å². The highest BCUT2D eigenvalue weighted by molar-refractivity contribution is 6.31. The molecular formula is C16H21ClN4O2. The van der Waals surface area contributed by atoms with E-state index in [4.69, 9.17) is 16.3 Å². The van der Waals surface area contributed by atoms with Gasteiger partial charge in [0.1, 0.15) is 0 Å². The lowest BCUT2D eigenvalue weighted by Gasteiger charge is -2.25. The molecular weight excluding hydrogens is 316 g/mol. The predicted molar refractivity (Wildman–Crippen MR) is 89.9 cm³/mol. The van der Waals surface area contributed by atoms with E-state index in [2.05, 4.69) is 22.1 Å². The van der Waals surface area contributed by atoms with Gasteiger partial charge in [0.05, 0.1) is 11.6 Å². The molecule has 0 bridgehead atoms. The molecule has 23 heavy (non-hydrogen) atoms. The van der Waals surface area contributed by atoms with E-state index in [0.29, 0.717) is 23.3 Å². The first-order valence-electron chi connectivity index (χ1n) is 7.61. The van der Waals surface area contributed by atoms with Gasteiger partial charge < -0.3 is 9.64 Å². The molecule has 1 aliphatic heterocycles. The lowest BCUT2D eigenvalue weighted by molar-refractivity contribution is 0.0756. The van der Waals surface area contributed by atoms with Gasteiger partial charge in [-0.2, -0.15) is 5.10 Å². The fraction of sp³-hybridized carbons (Fsp3) is 0.500. The summed E-state index contributed by atoms with van der Waals surface area (Å²) in [5.74, 6) is -0.104. The number of carbonyl (C=O) groups is 1. The summed E-state index contributed by atoms with van der Waals surface area (Å²) in [6, 6.07) is 5.67. The molecule has 3 rings (SSSR count). The minimum atomic E-state index is -0.104. The molecule has 1 amide bonds. The van der Waals surface area contributed by atoms with E-state index in [-0.39, 0.29) is 12.0 Å². The molecule has 1 aromatic carbocycles. The third kappa shape index (κ3) is 3.20. The third-order valence-corrected chi connectivity index (χ3v) is 4.78. The lowest BCUT2D eigenvalue weighted by atomic mass is 10.1. The fourth-order valence-electron chi connectivity index (χ4n) is 3.14. The van der Waals surface area contributed by atoms with Crippen molar-refractivity contribution in [3.05, 3.63) is 28.9 Å². The Morgan fingerprint density at radius 1 is 1.57 bits per heavy atom. The van der Waals surface area contributed by atoms with Crippen molar-refractivity contribution in [2.45, 2.75) is 18.6 Å². The van der Waals surface area contributed by atoms with E-state index >= 15 is 0 Å². The Balaban J connectivity index is 1.75. The lowest BCUT2D eigenvalue weighted by Crippen LogP contribution is -2.39. The molecule has 1 N–H and O–H groups in total. The van der Waals surface area contributed by atoms with Gasteiger partial charge in [0.15, 0.2) is 5.69 Å². The molecule has 1 aromatic heterocycles. The van der Waals surface area contributed by atoms with Gasteiger partial charge in [-0.15, -0.1) is 0 Å². The molecule has 1 aliphatic rings. The first-order valence-corrected chi connectivity index (χ1v) is 7.99. The number of hydrogen-bond acceptors (Lipinski definition) is 4. The third-order valence-electron chi connectivity index (χ3n) is 4.54. The van der Waals surface area contributed by atoms with E-state index in [0.717, 1.165) is 23.9 Å². The molecule has 6 nitrogen and oxygen atoms in total. The Labute approximate surface area is 140 Å². The van der Waals surface area contributed by atoms with Crippen LogP contribution in [0.5, 0.6) is 0 Å². The number of benzene rings is 1. The SMILES string of the molecule is CO[C@H]1C[C@@H](CN(C)C(=O)c2n[nH]c3ccc(Cl)cc23)N(C)C1. The van der Waals surface area contributed by atoms with Crippen molar-refractivity contribution in [2.24, 2.45) is 0 Å². The number of halogens is 1. The number of likely N-dealkylation sites (tertiary alicyclic amines) is 1. The second-order valence-electron chi connectivity index (χ2n) is 6.13. The van der Waals surface area contributed by atoms with Gasteiger partial charge in [-0.25, -0.2) is 0 Å². The zero-order chi connectivity index (χ0) is 16.6. The van der Waals surface area contributed by atoms with Crippen LogP contribution in [0.3, 0.4) is 0 Å². The van der Waals surface area contributed by atoms with E-state index in [9.17, 15) is 4.79 Å². The predicted octanol–water partition coefficient (Wildman–Crippen LogP) is 2.01. The van der Waals surface area contributed by atoms with Gasteiger partial charge in [0.25, 0.3) is 5.91 Å². The van der Waals surface area contributed by atoms with Crippen LogP contribution in [0, 0.1) is 0 Å². The summed E-state index contributed by atoms with van der Waals surface area (Å²) in [4.78, 5) is 16.7. The summed E-state index contributed by atoms with van der Waals surface area (Å²) in [5.41, 5.74) is 1.22. The average Bonchev–Trinajstić information content (AvgIpc) is 3.10. The number of ether oxygens (including phenoxy) is 1. The highest BCUT2D eigenvalue weighted by atomic mass is 35.5. The van der Waals surface area contributed by atoms with Crippen molar-refractivity contribution >= 4 is 28.4 Å². The van der Waals surface area contributed by atoms with E-state index in [1.54, 1.807) is 31.2 Å². The quantitative estimate of drug-likeness (QED) is 0.927. The summed E-state index contributed by atoms with van der Waals surface area (Å²) >= 11 is 6.03. The topological polar surface area (TPSA) is 61.5 Å². The summed E-state index contributed by atoms with van der Waals surface area (Å²) in [6.07, 6.45) is 1.16. The number of fused-ring (bicyclic) bond motifs is 1. The molecule has 1 fully saturated rings. The number of H-pyrrole nitrogens is 1. The second-order valence-corrected chi connectivity index (χ2v) is 6.57. The number of nitrogens with one attached hydrogen (secondary N) is 1. The van der Waals surface area contributed by atoms with Gasteiger partial charge in [-0.3, -0.25) is 14.8 Å². The molecule has 2 atom stereocenters. The Morgan fingerprint density at radius 3 is 3.04 bits per heavy atom. The number of methoxy groups -OCH3 is 1. The monoisotopic (exact) mass is 336 g/mol. The van der Waals surface area contributed by atoms with Crippen LogP contribution in [0.1, 0.15) is 16.9 Å². The summed E-state index contributed by atoms with van der Waals surface area (Å²) in [6.45, 7) is 1.54. The molecule has 2 heterocycles. The smallest absolute Gasteiger partial charge is 0.274 e. The maximum absolute atomic E-state index is 12.7. The molecule has 0 unspecified atom stereocenters. The number of carbonyl (C=O) groups excluding carboxylic acids is 1. The number of nitrogens with zero attached hydrogens (tertiary/aromatic N) is 3. The van der Waals surface area contributed by atoms with Gasteiger partial charge in [-0.05, 0) is 31.7 Å². The molecule has 0 saturated carbocycles. The van der Waals surface area contributed by atoms with Crippen molar-refractivity contribution in [2.75, 3.05) is 34.3 Å². The van der Waals surface area contributed by atoms with Crippen molar-refractivity contribution in [3.8, 4) is 0 Å². The van der Waals surface area contributed by atoms with Crippen LogP contribution in [-0.2, 0) is 4.74 Å². The zero-order valence-electron chi connectivity index (χ0n) is 13.5. The molecule has 0 spiro atoms. The molecule has 0 aliphatic carbocycles. The number of aromatic amines is 1. The van der Waals surface area contributed by atoms with Crippen molar-refractivity contribution in [1.82, 2.24) is 20.0 Å². The number of rotatable bonds is 4. The van der Waals surface area contributed by atoms with Crippen LogP contribution in [0.15, 0.2) is 18.2 Å². The molecule has 1 saturated heterocycles. The second kappa shape index (κ2) is 6.47. The number of aromatic nitrogens is 2. The summed E-state index contributed by atoms with van der Waals surface area (Å²) in [7, 11) is 5.60. The van der Waals surface area contributed by atoms with E-state index in [1.807, 2.05) is 6.07 Å². The Bertz CT molecular complexity index is 717. The average molecular weight is 337 g/mol. The maximum Gasteiger partial charge on any atom is 0.274 e. The van der Waals surface area contributed by atoms with E-state index < -0.39 is 0 Å². The van der Waals surface area contributed by atoms with Crippen LogP contribution >= 0.6 is 11.6 Å². The normalized spacial score (nSPS) is 21.9. The molecule has 7 heteroatoms. The van der Waals surface area contributed by atoms with E-state index in [1.165, 1.54) is 0 Å². The molecule has 0 radical (unpaired) electrons. The highest BCUT2D eigenvalue weighted by Crippen LogP contribution is 2.23. The molecule has 2 aromatic rings. The van der Waals surface area contributed by atoms with Crippen LogP contribution in [-0.4, -0.2) is 72.3 Å². The first kappa shape index (κ1) is 16.2. The standard InChI is InChI=1S/C16H21ClN4O2/c1-20-9-12(23-3)7-11(20)8-21(2)16(22)15-13-6-10(17)4-5-14(13)18-19-15/h4-6,11-12H,7-9H2,1-3H3,(H,18,19)/t11-,12-/m0/s1. The Hall–Kier alpha value is -1.63. The fourth-order valence-corrected chi connectivity index (χ4v) is 3.31. The van der Waals surface area contributed by atoms with Gasteiger partial charge in [-0.1, -0.05) is 11.6 Å². The van der Waals surface area contributed by atoms with Crippen molar-refractivity contribution in [3.63, 3.8) is 0 Å². The van der Waals surface area contributed by atoms with Gasteiger partial charge in [0.2, 0.25) is 0 Å². The number of hydrogen-bond donors (Lipinski definition) is 1. The van der Waals surface area contributed by atoms with Crippen molar-refractivity contribution < 1.29 is 9.53 Å². The van der Waals surface area contributed by atoms with Gasteiger partial charge in [0, 0.05) is 43.7 Å². The number of amides is 1. The zero-order valence-corrected chi connectivity index (χ0v) is 14.3. The first-order chi connectivity index (χ1) is 11.0. The van der Waals surface area contributed by atoms with Crippen molar-refractivity contribution in [1.29, 1.82) is 0 Å². The largest absolute Gasteiger partial charge is 0.380 e. The van der Waals surface area contributed by atoms with Crippen LogP contribution < -0.4 is 0 Å². The van der Waals surface area contributed by atoms with Gasteiger partial charge >= 0.3 is 0 Å². The van der Waals surface area contributed by atoms with Crippen LogP contribution in [0.2, 0.25) is 5.02 Å². The summed E-state index contributed by atoms with van der Waals surface area (Å²) < 4.78 is 5.42. The highest BCUT2D eigenvalue weighted by Gasteiger charge is 2.31. The van der Waals surface area contributed by atoms with Crippen LogP contribution in [0.25, 0.3) is 10.9 Å². The number of likely N-dealkylation sites (N-methyl/N-ethyl adjacent to an activating group) is 2.